The first kappa shape index (κ1) is 9.39. The number of anilines is 1. The van der Waals surface area contributed by atoms with Gasteiger partial charge in [-0.1, -0.05) is 25.3 Å². The Morgan fingerprint density at radius 1 is 1.31 bits per heavy atom. The molecule has 0 spiro atoms. The summed E-state index contributed by atoms with van der Waals surface area (Å²) in [6.07, 6.45) is 3.20. The lowest BCUT2D eigenvalue weighted by Crippen LogP contribution is -1.94. The molecule has 0 aliphatic heterocycles. The van der Waals surface area contributed by atoms with Gasteiger partial charge in [0.25, 0.3) is 0 Å². The summed E-state index contributed by atoms with van der Waals surface area (Å²) in [7, 11) is 0. The van der Waals surface area contributed by atoms with Crippen molar-refractivity contribution < 1.29 is 5.11 Å². The van der Waals surface area contributed by atoms with E-state index in [1.165, 1.54) is 0 Å². The Labute approximate surface area is 78.0 Å². The normalized spacial score (nSPS) is 9.62. The molecule has 0 saturated carbocycles. The third-order valence-corrected chi connectivity index (χ3v) is 2.01. The number of aromatic hydroxyl groups is 1. The number of phenolic OH excluding ortho intramolecular Hbond substituents is 1. The molecule has 0 amide bonds. The quantitative estimate of drug-likeness (QED) is 0.536. The minimum Gasteiger partial charge on any atom is -0.507 e. The molecule has 2 nitrogen and oxygen atoms in total. The molecule has 13 heavy (non-hydrogen) atoms. The van der Waals surface area contributed by atoms with Crippen molar-refractivity contribution in [1.82, 2.24) is 0 Å². The molecule has 0 saturated heterocycles. The lowest BCUT2D eigenvalue weighted by molar-refractivity contribution is 0.470. The van der Waals surface area contributed by atoms with Gasteiger partial charge in [0.2, 0.25) is 0 Å². The Kier molecular flexibility index (Phi) is 2.42. The van der Waals surface area contributed by atoms with E-state index >= 15 is 0 Å². The van der Waals surface area contributed by atoms with Crippen molar-refractivity contribution in [2.75, 3.05) is 5.73 Å². The summed E-state index contributed by atoms with van der Waals surface area (Å²) in [4.78, 5) is 0. The number of nitrogen functional groups attached to an aromatic ring is 1. The second-order valence-electron chi connectivity index (χ2n) is 2.87. The van der Waals surface area contributed by atoms with Crippen molar-refractivity contribution in [3.05, 3.63) is 35.9 Å². The van der Waals surface area contributed by atoms with E-state index in [4.69, 9.17) is 5.73 Å². The van der Waals surface area contributed by atoms with E-state index in [9.17, 15) is 5.11 Å². The lowest BCUT2D eigenvalue weighted by Gasteiger charge is -2.10. The predicted octanol–water partition coefficient (Wildman–Crippen LogP) is 2.57. The fourth-order valence-electron chi connectivity index (χ4n) is 1.31. The molecular weight excluding hydrogens is 162 g/mol. The van der Waals surface area contributed by atoms with Crippen LogP contribution >= 0.6 is 0 Å². The van der Waals surface area contributed by atoms with Crippen molar-refractivity contribution in [3.63, 3.8) is 0 Å². The summed E-state index contributed by atoms with van der Waals surface area (Å²) in [6, 6.07) is 1.72. The molecule has 0 aliphatic rings. The summed E-state index contributed by atoms with van der Waals surface area (Å²) in [5.41, 5.74) is 8.49. The first-order valence-electron chi connectivity index (χ1n) is 3.98. The van der Waals surface area contributed by atoms with Crippen LogP contribution in [0.2, 0.25) is 0 Å². The minimum absolute atomic E-state index is 0.221. The number of rotatable bonds is 2. The van der Waals surface area contributed by atoms with Gasteiger partial charge in [-0.15, -0.1) is 0 Å². The summed E-state index contributed by atoms with van der Waals surface area (Å²) in [5, 5.41) is 9.66. The largest absolute Gasteiger partial charge is 0.507 e. The molecule has 0 atom stereocenters. The van der Waals surface area contributed by atoms with E-state index in [0.717, 1.165) is 11.1 Å². The van der Waals surface area contributed by atoms with Gasteiger partial charge >= 0.3 is 0 Å². The third-order valence-electron chi connectivity index (χ3n) is 2.01. The van der Waals surface area contributed by atoms with Crippen LogP contribution in [0.4, 0.5) is 5.69 Å². The standard InChI is InChI=1S/C11H13NO/c1-4-8-9(5-2)11(13)7(3)6-10(8)12/h4-6,13H,1-2,12H2,3H3. The molecule has 1 rings (SSSR count). The first-order chi connectivity index (χ1) is 6.11. The molecule has 0 radical (unpaired) electrons. The van der Waals surface area contributed by atoms with Gasteiger partial charge in [0.15, 0.2) is 0 Å². The number of nitrogens with two attached hydrogens (primary N) is 1. The molecule has 0 unspecified atom stereocenters. The number of hydrogen-bond donors (Lipinski definition) is 2. The average Bonchev–Trinajstić information content (AvgIpc) is 2.10. The predicted molar refractivity (Wildman–Crippen MR) is 57.4 cm³/mol. The first-order valence-corrected chi connectivity index (χ1v) is 3.98. The van der Waals surface area contributed by atoms with Crippen LogP contribution in [-0.4, -0.2) is 5.11 Å². The molecule has 1 aromatic rings. The smallest absolute Gasteiger partial charge is 0.126 e. The second kappa shape index (κ2) is 3.35. The molecule has 68 valence electrons. The molecule has 0 aromatic heterocycles. The Hall–Kier alpha value is -1.70. The molecule has 0 bridgehead atoms. The Morgan fingerprint density at radius 2 is 1.85 bits per heavy atom. The van der Waals surface area contributed by atoms with Crippen LogP contribution in [0.25, 0.3) is 12.2 Å². The second-order valence-corrected chi connectivity index (χ2v) is 2.87. The average molecular weight is 175 g/mol. The van der Waals surface area contributed by atoms with Gasteiger partial charge in [-0.05, 0) is 18.6 Å². The topological polar surface area (TPSA) is 46.2 Å². The van der Waals surface area contributed by atoms with E-state index in [0.29, 0.717) is 11.3 Å². The zero-order chi connectivity index (χ0) is 10.0. The van der Waals surface area contributed by atoms with Crippen molar-refractivity contribution in [2.45, 2.75) is 6.92 Å². The Bertz CT molecular complexity index is 367. The van der Waals surface area contributed by atoms with E-state index in [2.05, 4.69) is 13.2 Å². The van der Waals surface area contributed by atoms with Crippen molar-refractivity contribution in [2.24, 2.45) is 0 Å². The highest BCUT2D eigenvalue weighted by molar-refractivity contribution is 5.78. The molecule has 1 aromatic carbocycles. The van der Waals surface area contributed by atoms with Gasteiger partial charge in [0, 0.05) is 16.8 Å². The zero-order valence-electron chi connectivity index (χ0n) is 7.67. The number of hydrogen-bond acceptors (Lipinski definition) is 2. The third kappa shape index (κ3) is 1.43. The monoisotopic (exact) mass is 175 g/mol. The number of phenols is 1. The maximum atomic E-state index is 9.66. The van der Waals surface area contributed by atoms with Gasteiger partial charge < -0.3 is 10.8 Å². The Balaban J connectivity index is 3.59. The zero-order valence-corrected chi connectivity index (χ0v) is 7.67. The highest BCUT2D eigenvalue weighted by Gasteiger charge is 2.08. The van der Waals surface area contributed by atoms with Crippen LogP contribution < -0.4 is 5.73 Å². The van der Waals surface area contributed by atoms with Crippen LogP contribution in [0.15, 0.2) is 19.2 Å². The van der Waals surface area contributed by atoms with Gasteiger partial charge in [-0.3, -0.25) is 0 Å². The lowest BCUT2D eigenvalue weighted by atomic mass is 10.0. The summed E-state index contributed by atoms with van der Waals surface area (Å²) in [5.74, 6) is 0.221. The fraction of sp³-hybridized carbons (Fsp3) is 0.0909. The maximum absolute atomic E-state index is 9.66. The molecule has 0 fully saturated rings. The van der Waals surface area contributed by atoms with Crippen LogP contribution in [0, 0.1) is 6.92 Å². The van der Waals surface area contributed by atoms with Gasteiger partial charge in [0.05, 0.1) is 0 Å². The highest BCUT2D eigenvalue weighted by atomic mass is 16.3. The van der Waals surface area contributed by atoms with Gasteiger partial charge in [0.1, 0.15) is 5.75 Å². The minimum atomic E-state index is 0.221. The van der Waals surface area contributed by atoms with Gasteiger partial charge in [-0.2, -0.15) is 0 Å². The van der Waals surface area contributed by atoms with E-state index in [1.807, 2.05) is 0 Å². The number of benzene rings is 1. The number of aryl methyl sites for hydroxylation is 1. The van der Waals surface area contributed by atoms with Crippen LogP contribution in [0.5, 0.6) is 5.75 Å². The summed E-state index contributed by atoms with van der Waals surface area (Å²) < 4.78 is 0. The molecule has 0 aliphatic carbocycles. The fourth-order valence-corrected chi connectivity index (χ4v) is 1.31. The SMILES string of the molecule is C=Cc1c(N)cc(C)c(O)c1C=C. The molecule has 0 heterocycles. The van der Waals surface area contributed by atoms with E-state index in [-0.39, 0.29) is 5.75 Å². The molecule has 2 heteroatoms. The van der Waals surface area contributed by atoms with Crippen LogP contribution in [-0.2, 0) is 0 Å². The van der Waals surface area contributed by atoms with E-state index in [1.54, 1.807) is 25.1 Å². The van der Waals surface area contributed by atoms with Crippen molar-refractivity contribution in [3.8, 4) is 5.75 Å². The van der Waals surface area contributed by atoms with E-state index < -0.39 is 0 Å². The highest BCUT2D eigenvalue weighted by Crippen LogP contribution is 2.31. The molecule has 3 N–H and O–H groups in total. The van der Waals surface area contributed by atoms with Crippen molar-refractivity contribution in [1.29, 1.82) is 0 Å². The van der Waals surface area contributed by atoms with Crippen LogP contribution in [0.3, 0.4) is 0 Å². The van der Waals surface area contributed by atoms with Gasteiger partial charge in [-0.25, -0.2) is 0 Å². The Morgan fingerprint density at radius 3 is 2.31 bits per heavy atom. The van der Waals surface area contributed by atoms with Crippen LogP contribution in [0.1, 0.15) is 16.7 Å². The summed E-state index contributed by atoms with van der Waals surface area (Å²) >= 11 is 0. The maximum Gasteiger partial charge on any atom is 0.126 e. The van der Waals surface area contributed by atoms with Crippen molar-refractivity contribution >= 4 is 17.8 Å². The molecular formula is C11H13NO. The summed E-state index contributed by atoms with van der Waals surface area (Å²) in [6.45, 7) is 9.05.